The summed E-state index contributed by atoms with van der Waals surface area (Å²) in [6, 6.07) is 20.3. The lowest BCUT2D eigenvalue weighted by molar-refractivity contribution is 0.120. The van der Waals surface area contributed by atoms with Crippen LogP contribution in [0.25, 0.3) is 11.6 Å². The van der Waals surface area contributed by atoms with E-state index in [1.54, 1.807) is 19.2 Å². The van der Waals surface area contributed by atoms with E-state index in [0.29, 0.717) is 29.3 Å². The predicted octanol–water partition coefficient (Wildman–Crippen LogP) is 6.49. The van der Waals surface area contributed by atoms with E-state index in [0.717, 1.165) is 11.5 Å². The highest BCUT2D eigenvalue weighted by Gasteiger charge is 2.24. The molecule has 6 heteroatoms. The van der Waals surface area contributed by atoms with Gasteiger partial charge in [0, 0.05) is 12.3 Å². The predicted molar refractivity (Wildman–Crippen MR) is 126 cm³/mol. The molecule has 6 nitrogen and oxygen atoms in total. The highest BCUT2D eigenvalue weighted by Crippen LogP contribution is 2.35. The van der Waals surface area contributed by atoms with Crippen LogP contribution < -0.4 is 9.47 Å². The van der Waals surface area contributed by atoms with E-state index in [1.165, 1.54) is 30.4 Å². The summed E-state index contributed by atoms with van der Waals surface area (Å²) < 4.78 is 17.4. The Balaban J connectivity index is 1.25. The highest BCUT2D eigenvalue weighted by atomic mass is 16.5. The minimum absolute atomic E-state index is 0.140. The van der Waals surface area contributed by atoms with Gasteiger partial charge in [0.05, 0.1) is 12.3 Å². The quantitative estimate of drug-likeness (QED) is 0.326. The summed E-state index contributed by atoms with van der Waals surface area (Å²) >= 11 is 0. The molecule has 0 amide bonds. The first kappa shape index (κ1) is 21.2. The van der Waals surface area contributed by atoms with Gasteiger partial charge in [0.15, 0.2) is 0 Å². The monoisotopic (exact) mass is 441 g/mol. The van der Waals surface area contributed by atoms with Crippen LogP contribution in [-0.4, -0.2) is 21.3 Å². The second kappa shape index (κ2) is 8.70. The summed E-state index contributed by atoms with van der Waals surface area (Å²) in [6.07, 6.45) is 5.66. The zero-order valence-electron chi connectivity index (χ0n) is 19.1. The molecule has 168 valence electrons. The van der Waals surface area contributed by atoms with E-state index >= 15 is 0 Å². The molecule has 2 aromatic heterocycles. The van der Waals surface area contributed by atoms with Crippen molar-refractivity contribution >= 4 is 0 Å². The van der Waals surface area contributed by atoms with Crippen LogP contribution in [0.3, 0.4) is 0 Å². The van der Waals surface area contributed by atoms with Crippen LogP contribution in [0.4, 0.5) is 0 Å². The molecule has 0 N–H and O–H groups in total. The molecule has 2 heterocycles. The summed E-state index contributed by atoms with van der Waals surface area (Å²) in [5.41, 5.74) is 2.93. The summed E-state index contributed by atoms with van der Waals surface area (Å²) in [5.74, 6) is 3.25. The zero-order valence-corrected chi connectivity index (χ0v) is 19.1. The fraction of sp³-hybridized carbons (Fsp3) is 0.296. The van der Waals surface area contributed by atoms with Crippen LogP contribution in [0.1, 0.15) is 50.1 Å². The Bertz CT molecular complexity index is 1210. The van der Waals surface area contributed by atoms with Crippen molar-refractivity contribution in [2.24, 2.45) is 0 Å². The number of nitrogens with zero attached hydrogens (tertiary/aromatic N) is 3. The first-order valence-corrected chi connectivity index (χ1v) is 11.3. The lowest BCUT2D eigenvalue weighted by Gasteiger charge is -2.28. The Morgan fingerprint density at radius 2 is 1.45 bits per heavy atom. The number of ether oxygens (including phenoxy) is 2. The van der Waals surface area contributed by atoms with Gasteiger partial charge in [-0.25, -0.2) is 4.98 Å². The lowest BCUT2D eigenvalue weighted by Crippen LogP contribution is -2.24. The molecule has 5 rings (SSSR count). The SMILES string of the molecule is Cc1nnc(-c2ccc(Oc3ccc(C(C)(C)c4ccc(OC5CCC5)cc4)cc3)cn2)o1. The van der Waals surface area contributed by atoms with E-state index in [-0.39, 0.29) is 5.41 Å². The minimum Gasteiger partial charge on any atom is -0.490 e. The van der Waals surface area contributed by atoms with Gasteiger partial charge < -0.3 is 13.9 Å². The molecule has 0 saturated heterocycles. The topological polar surface area (TPSA) is 70.3 Å². The van der Waals surface area contributed by atoms with Crippen LogP contribution in [0.15, 0.2) is 71.3 Å². The van der Waals surface area contributed by atoms with Gasteiger partial charge in [-0.2, -0.15) is 0 Å². The standard InChI is InChI=1S/C27H27N3O3/c1-18-29-30-26(31-18)25-16-15-24(17-28-25)33-23-13-9-20(10-14-23)27(2,3)19-7-11-22(12-8-19)32-21-5-4-6-21/h7-17,21H,4-6H2,1-3H3. The molecular weight excluding hydrogens is 414 g/mol. The van der Waals surface area contributed by atoms with E-state index < -0.39 is 0 Å². The molecule has 1 fully saturated rings. The molecule has 2 aromatic carbocycles. The maximum atomic E-state index is 6.00. The fourth-order valence-electron chi connectivity index (χ4n) is 3.84. The van der Waals surface area contributed by atoms with Gasteiger partial charge in [0.1, 0.15) is 22.9 Å². The van der Waals surface area contributed by atoms with Crippen LogP contribution in [-0.2, 0) is 5.41 Å². The third-order valence-corrected chi connectivity index (χ3v) is 6.22. The minimum atomic E-state index is -0.140. The van der Waals surface area contributed by atoms with Crippen LogP contribution in [0.5, 0.6) is 17.2 Å². The van der Waals surface area contributed by atoms with Gasteiger partial charge in [-0.3, -0.25) is 0 Å². The Morgan fingerprint density at radius 1 is 0.818 bits per heavy atom. The zero-order chi connectivity index (χ0) is 22.8. The van der Waals surface area contributed by atoms with Crippen molar-refractivity contribution < 1.29 is 13.9 Å². The summed E-state index contributed by atoms with van der Waals surface area (Å²) in [4.78, 5) is 4.36. The number of rotatable bonds is 7. The Hall–Kier alpha value is -3.67. The van der Waals surface area contributed by atoms with Crippen molar-refractivity contribution in [3.05, 3.63) is 83.9 Å². The van der Waals surface area contributed by atoms with E-state index in [4.69, 9.17) is 13.9 Å². The second-order valence-corrected chi connectivity index (χ2v) is 8.95. The third kappa shape index (κ3) is 4.60. The lowest BCUT2D eigenvalue weighted by atomic mass is 9.78. The average Bonchev–Trinajstić information content (AvgIpc) is 3.24. The molecule has 0 bridgehead atoms. The number of pyridine rings is 1. The number of aromatic nitrogens is 3. The summed E-state index contributed by atoms with van der Waals surface area (Å²) in [7, 11) is 0. The van der Waals surface area contributed by atoms with Gasteiger partial charge in [0.2, 0.25) is 5.89 Å². The van der Waals surface area contributed by atoms with Crippen LogP contribution in [0.2, 0.25) is 0 Å². The maximum Gasteiger partial charge on any atom is 0.266 e. The van der Waals surface area contributed by atoms with Crippen molar-refractivity contribution in [1.29, 1.82) is 0 Å². The Labute approximate surface area is 193 Å². The van der Waals surface area contributed by atoms with Gasteiger partial charge in [-0.1, -0.05) is 38.1 Å². The molecule has 4 aromatic rings. The van der Waals surface area contributed by atoms with E-state index in [9.17, 15) is 0 Å². The molecule has 1 saturated carbocycles. The molecule has 1 aliphatic carbocycles. The summed E-state index contributed by atoms with van der Waals surface area (Å²) in [6.45, 7) is 6.21. The van der Waals surface area contributed by atoms with E-state index in [1.807, 2.05) is 18.2 Å². The van der Waals surface area contributed by atoms with Gasteiger partial charge >= 0.3 is 0 Å². The normalized spacial score (nSPS) is 14.0. The molecule has 0 radical (unpaired) electrons. The number of aryl methyl sites for hydroxylation is 1. The first-order valence-electron chi connectivity index (χ1n) is 11.3. The molecule has 0 unspecified atom stereocenters. The van der Waals surface area contributed by atoms with E-state index in [2.05, 4.69) is 65.4 Å². The number of benzene rings is 2. The second-order valence-electron chi connectivity index (χ2n) is 8.95. The number of hydrogen-bond acceptors (Lipinski definition) is 6. The van der Waals surface area contributed by atoms with Crippen LogP contribution >= 0.6 is 0 Å². The van der Waals surface area contributed by atoms with Crippen molar-refractivity contribution in [3.8, 4) is 28.8 Å². The van der Waals surface area contributed by atoms with Crippen molar-refractivity contribution in [1.82, 2.24) is 15.2 Å². The van der Waals surface area contributed by atoms with Gasteiger partial charge in [0.25, 0.3) is 5.89 Å². The molecule has 0 spiro atoms. The number of hydrogen-bond donors (Lipinski definition) is 0. The molecule has 0 atom stereocenters. The smallest absolute Gasteiger partial charge is 0.266 e. The third-order valence-electron chi connectivity index (χ3n) is 6.22. The van der Waals surface area contributed by atoms with Crippen molar-refractivity contribution in [2.75, 3.05) is 0 Å². The van der Waals surface area contributed by atoms with Crippen molar-refractivity contribution in [3.63, 3.8) is 0 Å². The molecule has 1 aliphatic rings. The average molecular weight is 442 g/mol. The Morgan fingerprint density at radius 3 is 1.97 bits per heavy atom. The highest BCUT2D eigenvalue weighted by molar-refractivity contribution is 5.48. The Kier molecular flexibility index (Phi) is 5.58. The van der Waals surface area contributed by atoms with Gasteiger partial charge in [-0.05, 0) is 66.8 Å². The van der Waals surface area contributed by atoms with Gasteiger partial charge in [-0.15, -0.1) is 10.2 Å². The fourth-order valence-corrected chi connectivity index (χ4v) is 3.84. The molecular formula is C27H27N3O3. The van der Waals surface area contributed by atoms with Crippen molar-refractivity contribution in [2.45, 2.75) is 51.6 Å². The molecule has 33 heavy (non-hydrogen) atoms. The summed E-state index contributed by atoms with van der Waals surface area (Å²) in [5, 5.41) is 7.81. The molecule has 0 aliphatic heterocycles. The largest absolute Gasteiger partial charge is 0.490 e. The maximum absolute atomic E-state index is 6.00. The first-order chi connectivity index (χ1) is 16.0. The van der Waals surface area contributed by atoms with Crippen LogP contribution in [0, 0.1) is 6.92 Å².